The maximum atomic E-state index is 13.5. The fraction of sp³-hybridized carbons (Fsp3) is 0.357. The van der Waals surface area contributed by atoms with Gasteiger partial charge >= 0.3 is 0 Å². The highest BCUT2D eigenvalue weighted by atomic mass is 19.2. The summed E-state index contributed by atoms with van der Waals surface area (Å²) in [6.45, 7) is 3.91. The van der Waals surface area contributed by atoms with Gasteiger partial charge in [0.05, 0.1) is 19.3 Å². The largest absolute Gasteiger partial charge is 0.493 e. The number of nitrogens with one attached hydrogen (secondary N) is 1. The van der Waals surface area contributed by atoms with Gasteiger partial charge in [0.15, 0.2) is 17.4 Å². The zero-order valence-corrected chi connectivity index (χ0v) is 12.1. The Morgan fingerprint density at radius 2 is 2.00 bits per heavy atom. The van der Waals surface area contributed by atoms with Gasteiger partial charge in [0.1, 0.15) is 5.69 Å². The molecule has 0 fully saturated rings. The van der Waals surface area contributed by atoms with E-state index in [1.165, 1.54) is 13.2 Å². The van der Waals surface area contributed by atoms with Crippen LogP contribution in [0.2, 0.25) is 0 Å². The van der Waals surface area contributed by atoms with Gasteiger partial charge < -0.3 is 4.74 Å². The minimum Gasteiger partial charge on any atom is -0.493 e. The highest BCUT2D eigenvalue weighted by Crippen LogP contribution is 2.31. The fourth-order valence-corrected chi connectivity index (χ4v) is 2.22. The number of halogens is 2. The number of rotatable bonds is 5. The molecule has 0 spiro atoms. The van der Waals surface area contributed by atoms with Crippen molar-refractivity contribution in [3.05, 3.63) is 47.3 Å². The molecule has 0 aliphatic carbocycles. The molecule has 0 aliphatic rings. The van der Waals surface area contributed by atoms with Crippen LogP contribution in [-0.2, 0) is 0 Å². The summed E-state index contributed by atoms with van der Waals surface area (Å²) < 4.78 is 33.6. The number of nitrogens with zero attached hydrogens (tertiary/aromatic N) is 2. The monoisotopic (exact) mass is 296 g/mol. The van der Waals surface area contributed by atoms with E-state index in [9.17, 15) is 8.78 Å². The van der Waals surface area contributed by atoms with Crippen molar-refractivity contribution >= 4 is 0 Å². The molecule has 0 amide bonds. The zero-order chi connectivity index (χ0) is 15.6. The summed E-state index contributed by atoms with van der Waals surface area (Å²) in [5.41, 5.74) is 3.74. The molecule has 114 valence electrons. The van der Waals surface area contributed by atoms with Crippen LogP contribution in [0.25, 0.3) is 0 Å². The molecule has 5 nitrogen and oxygen atoms in total. The van der Waals surface area contributed by atoms with E-state index in [1.54, 1.807) is 10.9 Å². The molecule has 1 atom stereocenters. The normalized spacial score (nSPS) is 12.7. The second-order valence-corrected chi connectivity index (χ2v) is 4.91. The number of hydrogen-bond acceptors (Lipinski definition) is 4. The number of hydrogen-bond donors (Lipinski definition) is 2. The first-order valence-corrected chi connectivity index (χ1v) is 6.52. The van der Waals surface area contributed by atoms with Crippen LogP contribution in [-0.4, -0.2) is 16.9 Å². The number of ether oxygens (including phenoxy) is 1. The van der Waals surface area contributed by atoms with Crippen LogP contribution in [0.3, 0.4) is 0 Å². The van der Waals surface area contributed by atoms with E-state index in [-0.39, 0.29) is 6.04 Å². The lowest BCUT2D eigenvalue weighted by molar-refractivity contribution is 0.393. The molecular weight excluding hydrogens is 278 g/mol. The molecule has 1 aromatic heterocycles. The van der Waals surface area contributed by atoms with Gasteiger partial charge in [0, 0.05) is 6.04 Å². The van der Waals surface area contributed by atoms with Crippen molar-refractivity contribution in [3.63, 3.8) is 0 Å². The van der Waals surface area contributed by atoms with Crippen LogP contribution in [0.1, 0.15) is 37.2 Å². The van der Waals surface area contributed by atoms with E-state index in [1.807, 2.05) is 13.8 Å². The van der Waals surface area contributed by atoms with E-state index < -0.39 is 17.7 Å². The summed E-state index contributed by atoms with van der Waals surface area (Å²) in [7, 11) is 1.52. The van der Waals surface area contributed by atoms with E-state index in [0.29, 0.717) is 17.0 Å². The van der Waals surface area contributed by atoms with Gasteiger partial charge in [-0.15, -0.1) is 0 Å². The van der Waals surface area contributed by atoms with E-state index in [4.69, 9.17) is 10.6 Å². The first-order chi connectivity index (χ1) is 9.99. The summed E-state index contributed by atoms with van der Waals surface area (Å²) >= 11 is 0. The molecule has 7 heteroatoms. The molecule has 2 aromatic rings. The quantitative estimate of drug-likeness (QED) is 0.656. The molecule has 1 heterocycles. The Morgan fingerprint density at radius 3 is 2.52 bits per heavy atom. The fourth-order valence-electron chi connectivity index (χ4n) is 2.22. The molecule has 2 rings (SSSR count). The number of benzene rings is 1. The smallest absolute Gasteiger partial charge is 0.161 e. The highest BCUT2D eigenvalue weighted by molar-refractivity contribution is 5.37. The van der Waals surface area contributed by atoms with Gasteiger partial charge in [-0.3, -0.25) is 10.5 Å². The van der Waals surface area contributed by atoms with Gasteiger partial charge in [0.2, 0.25) is 0 Å². The summed E-state index contributed by atoms with van der Waals surface area (Å²) in [6.07, 6.45) is 1.57. The molecule has 0 radical (unpaired) electrons. The third-order valence-corrected chi connectivity index (χ3v) is 3.22. The van der Waals surface area contributed by atoms with Crippen molar-refractivity contribution in [1.82, 2.24) is 15.2 Å². The number of aromatic nitrogens is 2. The van der Waals surface area contributed by atoms with Crippen molar-refractivity contribution in [3.8, 4) is 5.75 Å². The third kappa shape index (κ3) is 2.88. The lowest BCUT2D eigenvalue weighted by atomic mass is 10.0. The molecule has 21 heavy (non-hydrogen) atoms. The van der Waals surface area contributed by atoms with Gasteiger partial charge in [0.25, 0.3) is 0 Å². The molecule has 0 bridgehead atoms. The maximum absolute atomic E-state index is 13.5. The Morgan fingerprint density at radius 1 is 1.29 bits per heavy atom. The van der Waals surface area contributed by atoms with Crippen LogP contribution in [0.15, 0.2) is 24.4 Å². The summed E-state index contributed by atoms with van der Waals surface area (Å²) in [4.78, 5) is 0. The van der Waals surface area contributed by atoms with E-state index in [2.05, 4.69) is 10.5 Å². The molecule has 0 saturated carbocycles. The lowest BCUT2D eigenvalue weighted by Crippen LogP contribution is -2.31. The van der Waals surface area contributed by atoms with E-state index >= 15 is 0 Å². The van der Waals surface area contributed by atoms with Crippen molar-refractivity contribution in [1.29, 1.82) is 0 Å². The van der Waals surface area contributed by atoms with Crippen LogP contribution in [0, 0.1) is 11.6 Å². The summed E-state index contributed by atoms with van der Waals surface area (Å²) in [5.74, 6) is 4.31. The minimum absolute atomic E-state index is 0.0602. The van der Waals surface area contributed by atoms with Crippen LogP contribution >= 0.6 is 0 Å². The molecule has 1 aromatic carbocycles. The lowest BCUT2D eigenvalue weighted by Gasteiger charge is -2.21. The van der Waals surface area contributed by atoms with Crippen molar-refractivity contribution in [2.24, 2.45) is 5.84 Å². The zero-order valence-electron chi connectivity index (χ0n) is 12.1. The van der Waals surface area contributed by atoms with Crippen LogP contribution in [0.4, 0.5) is 8.78 Å². The molecule has 0 saturated heterocycles. The molecular formula is C14H18F2N4O. The third-order valence-electron chi connectivity index (χ3n) is 3.22. The average Bonchev–Trinajstić information content (AvgIpc) is 2.87. The first-order valence-electron chi connectivity index (χ1n) is 6.52. The minimum atomic E-state index is -0.928. The second-order valence-electron chi connectivity index (χ2n) is 4.91. The van der Waals surface area contributed by atoms with Gasteiger partial charge in [-0.2, -0.15) is 5.10 Å². The second kappa shape index (κ2) is 6.19. The van der Waals surface area contributed by atoms with Gasteiger partial charge in [-0.25, -0.2) is 14.2 Å². The SMILES string of the molecule is COc1cnn(C(C)C)c1C(NN)c1ccc(F)c(F)c1. The standard InChI is InChI=1S/C14H18F2N4O/c1-8(2)20-14(12(21-3)7-18-20)13(19-17)9-4-5-10(15)11(16)6-9/h4-8,13,19H,17H2,1-3H3. The maximum Gasteiger partial charge on any atom is 0.161 e. The van der Waals surface area contributed by atoms with Crippen molar-refractivity contribution in [2.45, 2.75) is 25.9 Å². The molecule has 0 aliphatic heterocycles. The van der Waals surface area contributed by atoms with Gasteiger partial charge in [-0.1, -0.05) is 6.07 Å². The Labute approximate surface area is 121 Å². The summed E-state index contributed by atoms with van der Waals surface area (Å²) in [5, 5.41) is 4.25. The topological polar surface area (TPSA) is 65.1 Å². The number of hydrazine groups is 1. The Kier molecular flexibility index (Phi) is 4.54. The van der Waals surface area contributed by atoms with Crippen molar-refractivity contribution < 1.29 is 13.5 Å². The van der Waals surface area contributed by atoms with E-state index in [0.717, 1.165) is 12.1 Å². The number of nitrogens with two attached hydrogens (primary N) is 1. The Balaban J connectivity index is 2.55. The van der Waals surface area contributed by atoms with Crippen LogP contribution < -0.4 is 16.0 Å². The molecule has 3 N–H and O–H groups in total. The first kappa shape index (κ1) is 15.4. The Bertz CT molecular complexity index is 627. The average molecular weight is 296 g/mol. The summed E-state index contributed by atoms with van der Waals surface area (Å²) in [6, 6.07) is 3.14. The van der Waals surface area contributed by atoms with Crippen molar-refractivity contribution in [2.75, 3.05) is 7.11 Å². The number of methoxy groups -OCH3 is 1. The Hall–Kier alpha value is -1.99. The van der Waals surface area contributed by atoms with Gasteiger partial charge in [-0.05, 0) is 31.5 Å². The highest BCUT2D eigenvalue weighted by Gasteiger charge is 2.24. The predicted molar refractivity (Wildman–Crippen MR) is 74.7 cm³/mol. The molecule has 1 unspecified atom stereocenters. The van der Waals surface area contributed by atoms with Crippen LogP contribution in [0.5, 0.6) is 5.75 Å². The predicted octanol–water partition coefficient (Wildman–Crippen LogP) is 2.30.